The lowest BCUT2D eigenvalue weighted by Gasteiger charge is -2.35. The van der Waals surface area contributed by atoms with Gasteiger partial charge in [-0.05, 0) is 73.9 Å². The molecule has 224 valence electrons. The molecule has 3 atom stereocenters. The highest BCUT2D eigenvalue weighted by atomic mass is 16.3. The van der Waals surface area contributed by atoms with E-state index < -0.39 is 0 Å². The number of para-hydroxylation sites is 1. The van der Waals surface area contributed by atoms with Gasteiger partial charge in [-0.3, -0.25) is 9.56 Å². The predicted molar refractivity (Wildman–Crippen MR) is 190 cm³/mol. The highest BCUT2D eigenvalue weighted by Gasteiger charge is 2.37. The Kier molecular flexibility index (Phi) is 5.87. The second-order valence-electron chi connectivity index (χ2n) is 13.4. The van der Waals surface area contributed by atoms with E-state index in [1.54, 1.807) is 11.1 Å². The lowest BCUT2D eigenvalue weighted by Crippen LogP contribution is -2.27. The summed E-state index contributed by atoms with van der Waals surface area (Å²) in [7, 11) is 0. The van der Waals surface area contributed by atoms with Crippen LogP contribution in [0.25, 0.3) is 38.9 Å². The third-order valence-electron chi connectivity index (χ3n) is 10.8. The van der Waals surface area contributed by atoms with Crippen LogP contribution in [0.3, 0.4) is 0 Å². The molecule has 0 amide bonds. The molecule has 46 heavy (non-hydrogen) atoms. The summed E-state index contributed by atoms with van der Waals surface area (Å²) in [5.74, 6) is 3.64. The summed E-state index contributed by atoms with van der Waals surface area (Å²) >= 11 is 0. The SMILES string of the molecule is C1=CCCC(C2CC(n3c4ccccc4c4c5oc6c(c5ccc43)C3C4=C(C=CC3C=C6)CCCC4)=NC(c3ccccc3)=N2)=C1. The van der Waals surface area contributed by atoms with Gasteiger partial charge >= 0.3 is 0 Å². The van der Waals surface area contributed by atoms with Gasteiger partial charge in [0.25, 0.3) is 0 Å². The summed E-state index contributed by atoms with van der Waals surface area (Å²) < 4.78 is 9.31. The van der Waals surface area contributed by atoms with Crippen LogP contribution in [0, 0.1) is 5.92 Å². The first-order valence-corrected chi connectivity index (χ1v) is 17.0. The molecule has 5 aliphatic rings. The van der Waals surface area contributed by atoms with Gasteiger partial charge in [-0.1, -0.05) is 90.6 Å². The molecule has 0 saturated heterocycles. The fourth-order valence-electron chi connectivity index (χ4n) is 8.72. The van der Waals surface area contributed by atoms with Crippen molar-refractivity contribution in [3.05, 3.63) is 137 Å². The van der Waals surface area contributed by atoms with Gasteiger partial charge in [0.15, 0.2) is 5.84 Å². The molecule has 10 rings (SSSR count). The minimum Gasteiger partial charge on any atom is -0.456 e. The number of rotatable bonds is 2. The summed E-state index contributed by atoms with van der Waals surface area (Å²) in [6.07, 6.45) is 24.0. The molecule has 3 unspecified atom stereocenters. The molecular formula is C42H35N3O. The van der Waals surface area contributed by atoms with Crippen molar-refractivity contribution in [3.63, 3.8) is 0 Å². The molecule has 1 aliphatic heterocycles. The van der Waals surface area contributed by atoms with Crippen LogP contribution in [0.5, 0.6) is 0 Å². The molecule has 4 nitrogen and oxygen atoms in total. The summed E-state index contributed by atoms with van der Waals surface area (Å²) in [5.41, 5.74) is 10.3. The van der Waals surface area contributed by atoms with Crippen molar-refractivity contribution < 1.29 is 4.42 Å². The maximum absolute atomic E-state index is 6.92. The largest absolute Gasteiger partial charge is 0.456 e. The first-order chi connectivity index (χ1) is 22.8. The first kappa shape index (κ1) is 26.3. The summed E-state index contributed by atoms with van der Waals surface area (Å²) in [6.45, 7) is 0. The van der Waals surface area contributed by atoms with Crippen LogP contribution < -0.4 is 0 Å². The predicted octanol–water partition coefficient (Wildman–Crippen LogP) is 10.4. The highest BCUT2D eigenvalue weighted by Crippen LogP contribution is 2.52. The molecule has 4 heteroatoms. The lowest BCUT2D eigenvalue weighted by atomic mass is 9.68. The Bertz CT molecular complexity index is 2300. The van der Waals surface area contributed by atoms with E-state index in [9.17, 15) is 0 Å². The third-order valence-corrected chi connectivity index (χ3v) is 10.8. The Hall–Kier alpha value is -4.96. The molecule has 4 aliphatic carbocycles. The van der Waals surface area contributed by atoms with Gasteiger partial charge < -0.3 is 4.42 Å². The molecule has 0 fully saturated rings. The normalized spacial score (nSPS) is 23.7. The van der Waals surface area contributed by atoms with Gasteiger partial charge in [0.1, 0.15) is 17.2 Å². The Balaban J connectivity index is 1.19. The zero-order valence-electron chi connectivity index (χ0n) is 25.8. The van der Waals surface area contributed by atoms with Gasteiger partial charge in [-0.15, -0.1) is 0 Å². The van der Waals surface area contributed by atoms with Gasteiger partial charge in [0.05, 0.1) is 22.5 Å². The average Bonchev–Trinajstić information content (AvgIpc) is 3.68. The minimum atomic E-state index is 0.0583. The monoisotopic (exact) mass is 597 g/mol. The second kappa shape index (κ2) is 10.3. The molecule has 3 heterocycles. The maximum atomic E-state index is 6.92. The van der Waals surface area contributed by atoms with Crippen molar-refractivity contribution in [2.75, 3.05) is 0 Å². The number of furan rings is 1. The maximum Gasteiger partial charge on any atom is 0.157 e. The highest BCUT2D eigenvalue weighted by molar-refractivity contribution is 6.24. The van der Waals surface area contributed by atoms with Crippen molar-refractivity contribution in [3.8, 4) is 0 Å². The van der Waals surface area contributed by atoms with Crippen LogP contribution in [-0.4, -0.2) is 22.3 Å². The van der Waals surface area contributed by atoms with E-state index in [0.29, 0.717) is 11.8 Å². The van der Waals surface area contributed by atoms with E-state index in [-0.39, 0.29) is 6.04 Å². The van der Waals surface area contributed by atoms with Gasteiger partial charge in [0.2, 0.25) is 0 Å². The Morgan fingerprint density at radius 3 is 2.59 bits per heavy atom. The fraction of sp³-hybridized carbons (Fsp3) is 0.238. The Morgan fingerprint density at radius 1 is 0.804 bits per heavy atom. The Labute approximate surface area is 268 Å². The van der Waals surface area contributed by atoms with Crippen molar-refractivity contribution >= 4 is 50.5 Å². The first-order valence-electron chi connectivity index (χ1n) is 17.0. The number of hydrogen-bond donors (Lipinski definition) is 0. The van der Waals surface area contributed by atoms with Crippen LogP contribution in [0.4, 0.5) is 0 Å². The third kappa shape index (κ3) is 3.92. The van der Waals surface area contributed by atoms with E-state index in [4.69, 9.17) is 14.4 Å². The van der Waals surface area contributed by atoms with Crippen LogP contribution in [0.15, 0.2) is 134 Å². The van der Waals surface area contributed by atoms with Crippen LogP contribution >= 0.6 is 0 Å². The standard InChI is InChI=1S/C42H35N3O/c1-3-12-27(13-4-1)33-25-37(44-42(43-33)29-14-5-2-6-15-29)45-34-18-10-9-17-31(34)39-35(45)23-22-32-40-36(46-41(32)39)24-21-28-20-19-26-11-7-8-16-30(26)38(28)40/h1-3,5-6,9-10,12,14-15,17-24,28,33,38H,4,7-8,11,13,16,25H2. The fourth-order valence-corrected chi connectivity index (χ4v) is 8.72. The number of fused-ring (bicyclic) bond motifs is 10. The zero-order valence-corrected chi connectivity index (χ0v) is 25.8. The number of aromatic nitrogens is 1. The van der Waals surface area contributed by atoms with E-state index in [1.807, 2.05) is 0 Å². The molecule has 0 N–H and O–H groups in total. The van der Waals surface area contributed by atoms with Gasteiger partial charge in [-0.2, -0.15) is 0 Å². The van der Waals surface area contributed by atoms with E-state index in [2.05, 4.69) is 114 Å². The van der Waals surface area contributed by atoms with Crippen LogP contribution in [-0.2, 0) is 0 Å². The van der Waals surface area contributed by atoms with E-state index >= 15 is 0 Å². The van der Waals surface area contributed by atoms with Crippen molar-refractivity contribution in [2.24, 2.45) is 15.9 Å². The molecule has 5 aromatic rings. The second-order valence-corrected chi connectivity index (χ2v) is 13.4. The number of hydrogen-bond acceptors (Lipinski definition) is 3. The quantitative estimate of drug-likeness (QED) is 0.200. The van der Waals surface area contributed by atoms with Crippen molar-refractivity contribution in [2.45, 2.75) is 56.9 Å². The summed E-state index contributed by atoms with van der Waals surface area (Å²) in [5, 5.41) is 3.64. The topological polar surface area (TPSA) is 42.8 Å². The molecule has 0 saturated carbocycles. The Morgan fingerprint density at radius 2 is 1.67 bits per heavy atom. The minimum absolute atomic E-state index is 0.0583. The molecule has 0 bridgehead atoms. The molecule has 0 spiro atoms. The zero-order chi connectivity index (χ0) is 30.2. The van der Waals surface area contributed by atoms with Crippen LogP contribution in [0.2, 0.25) is 0 Å². The van der Waals surface area contributed by atoms with Crippen molar-refractivity contribution in [1.82, 2.24) is 4.57 Å². The lowest BCUT2D eigenvalue weighted by molar-refractivity contribution is 0.540. The molecule has 3 aromatic carbocycles. The molecule has 2 aromatic heterocycles. The number of nitrogens with zero attached hydrogens (tertiary/aromatic N) is 3. The molecule has 0 radical (unpaired) electrons. The van der Waals surface area contributed by atoms with E-state index in [1.165, 1.54) is 53.0 Å². The average molecular weight is 598 g/mol. The number of amidine groups is 1. The summed E-state index contributed by atoms with van der Waals surface area (Å²) in [6, 6.07) is 23.9. The smallest absolute Gasteiger partial charge is 0.157 e. The van der Waals surface area contributed by atoms with Crippen molar-refractivity contribution in [1.29, 1.82) is 0 Å². The van der Waals surface area contributed by atoms with Gasteiger partial charge in [0, 0.05) is 40.2 Å². The number of aliphatic imine (C=N–C) groups is 2. The van der Waals surface area contributed by atoms with E-state index in [0.717, 1.165) is 58.9 Å². The van der Waals surface area contributed by atoms with Gasteiger partial charge in [-0.25, -0.2) is 4.99 Å². The number of benzene rings is 3. The van der Waals surface area contributed by atoms with Crippen LogP contribution in [0.1, 0.15) is 67.8 Å². The number of allylic oxidation sites excluding steroid dienone is 8. The molecular weight excluding hydrogens is 562 g/mol. The summed E-state index contributed by atoms with van der Waals surface area (Å²) in [4.78, 5) is 10.6.